The first-order valence-electron chi connectivity index (χ1n) is 13.4. The van der Waals surface area contributed by atoms with Crippen LogP contribution in [-0.4, -0.2) is 81.7 Å². The van der Waals surface area contributed by atoms with E-state index in [-0.39, 0.29) is 11.8 Å². The highest BCUT2D eigenvalue weighted by Gasteiger charge is 2.43. The van der Waals surface area contributed by atoms with Gasteiger partial charge in [-0.15, -0.1) is 22.7 Å². The Morgan fingerprint density at radius 3 is 1.27 bits per heavy atom. The lowest BCUT2D eigenvalue weighted by Gasteiger charge is -2.27. The molecule has 0 radical (unpaired) electrons. The van der Waals surface area contributed by atoms with Crippen molar-refractivity contribution >= 4 is 122 Å². The van der Waals surface area contributed by atoms with E-state index in [2.05, 4.69) is 36.4 Å². The highest BCUT2D eigenvalue weighted by Crippen LogP contribution is 2.54. The second-order valence-electron chi connectivity index (χ2n) is 9.27. The molecule has 0 aliphatic rings. The summed E-state index contributed by atoms with van der Waals surface area (Å²) >= 11 is 3.47. The number of para-hydroxylation sites is 2. The molecule has 2 aromatic heterocycles. The third-order valence-electron chi connectivity index (χ3n) is 6.90. The van der Waals surface area contributed by atoms with Gasteiger partial charge in [0.1, 0.15) is 0 Å². The van der Waals surface area contributed by atoms with Crippen LogP contribution in [0.4, 0.5) is 0 Å². The molecule has 8 nitrogen and oxygen atoms in total. The fraction of sp³-hybridized carbons (Fsp3) is 0.462. The zero-order chi connectivity index (χ0) is 31.4. The zero-order valence-corrected chi connectivity index (χ0v) is 33.7. The van der Waals surface area contributed by atoms with Crippen LogP contribution >= 0.6 is 83.6 Å². The second-order valence-corrected chi connectivity index (χ2v) is 27.0. The Morgan fingerprint density at radius 2 is 0.932 bits per heavy atom. The summed E-state index contributed by atoms with van der Waals surface area (Å²) in [5.41, 5.74) is 2.05. The Kier molecular flexibility index (Phi) is 16.0. The van der Waals surface area contributed by atoms with Crippen molar-refractivity contribution in [3.63, 3.8) is 0 Å². The normalized spacial score (nSPS) is 14.0. The van der Waals surface area contributed by atoms with Gasteiger partial charge in [0.15, 0.2) is 0 Å². The summed E-state index contributed by atoms with van der Waals surface area (Å²) in [4.78, 5) is 9.88. The minimum absolute atomic E-state index is 0.158. The van der Waals surface area contributed by atoms with E-state index in [1.54, 1.807) is 105 Å². The van der Waals surface area contributed by atoms with Crippen LogP contribution in [0.3, 0.4) is 0 Å². The Hall–Kier alpha value is 0.514. The highest BCUT2D eigenvalue weighted by atomic mass is 33.9. The Bertz CT molecular complexity index is 1240. The van der Waals surface area contributed by atoms with Gasteiger partial charge in [-0.3, -0.25) is 0 Å². The van der Waals surface area contributed by atoms with Gasteiger partial charge in [0.2, 0.25) is 0 Å². The van der Waals surface area contributed by atoms with Crippen LogP contribution < -0.4 is 0 Å². The second kappa shape index (κ2) is 18.9. The maximum Gasteiger partial charge on any atom is 0.500 e. The van der Waals surface area contributed by atoms with E-state index >= 15 is 0 Å². The molecule has 0 fully saturated rings. The van der Waals surface area contributed by atoms with Crippen LogP contribution in [-0.2, 0) is 26.6 Å². The molecule has 4 aromatic rings. The van der Waals surface area contributed by atoms with E-state index in [9.17, 15) is 0 Å². The Balaban J connectivity index is 1.29. The van der Waals surface area contributed by atoms with Gasteiger partial charge in [0.25, 0.3) is 0 Å². The molecule has 0 N–H and O–H groups in total. The Labute approximate surface area is 292 Å². The molecular weight excluding hydrogens is 749 g/mol. The predicted molar refractivity (Wildman–Crippen MR) is 203 cm³/mol. The average Bonchev–Trinajstić information content (AvgIpc) is 3.70. The molecule has 2 heterocycles. The van der Waals surface area contributed by atoms with E-state index < -0.39 is 17.6 Å². The first-order chi connectivity index (χ1) is 21.4. The van der Waals surface area contributed by atoms with Gasteiger partial charge in [-0.2, -0.15) is 0 Å². The summed E-state index contributed by atoms with van der Waals surface area (Å²) in [7, 11) is 15.2. The number of aromatic nitrogens is 2. The molecule has 2 atom stereocenters. The molecule has 0 saturated carbocycles. The van der Waals surface area contributed by atoms with Gasteiger partial charge in [-0.05, 0) is 63.6 Å². The largest absolute Gasteiger partial charge is 0.500 e. The highest BCUT2D eigenvalue weighted by molar-refractivity contribution is 9.41. The average molecular weight is 785 g/mol. The van der Waals surface area contributed by atoms with Crippen molar-refractivity contribution in [2.45, 2.75) is 23.9 Å². The van der Waals surface area contributed by atoms with Crippen molar-refractivity contribution in [1.29, 1.82) is 0 Å². The van der Waals surface area contributed by atoms with Crippen LogP contribution in [0.1, 0.15) is 21.9 Å². The number of rotatable bonds is 21. The van der Waals surface area contributed by atoms with E-state index in [1.807, 2.05) is 33.7 Å². The molecule has 242 valence electrons. The summed E-state index contributed by atoms with van der Waals surface area (Å²) in [5, 5.41) is 2.18. The van der Waals surface area contributed by atoms with Crippen LogP contribution in [0.25, 0.3) is 20.4 Å². The van der Waals surface area contributed by atoms with E-state index in [4.69, 9.17) is 36.5 Å². The van der Waals surface area contributed by atoms with Crippen molar-refractivity contribution in [3.05, 3.63) is 58.5 Å². The van der Waals surface area contributed by atoms with Gasteiger partial charge in [-0.25, -0.2) is 9.97 Å². The van der Waals surface area contributed by atoms with Crippen LogP contribution in [0.15, 0.2) is 48.5 Å². The minimum atomic E-state index is -2.78. The fourth-order valence-electron chi connectivity index (χ4n) is 4.45. The smallest absolute Gasteiger partial charge is 0.377 e. The molecule has 18 heteroatoms. The monoisotopic (exact) mass is 784 g/mol. The zero-order valence-electron chi connectivity index (χ0n) is 25.2. The maximum atomic E-state index is 5.77. The summed E-state index contributed by atoms with van der Waals surface area (Å²) in [5.74, 6) is 2.06. The van der Waals surface area contributed by atoms with Crippen molar-refractivity contribution < 1.29 is 26.6 Å². The van der Waals surface area contributed by atoms with Gasteiger partial charge < -0.3 is 26.6 Å². The molecule has 0 amide bonds. The number of nitrogens with zero attached hydrogens (tertiary/aromatic N) is 2. The summed E-state index contributed by atoms with van der Waals surface area (Å²) in [6.45, 7) is 0. The van der Waals surface area contributed by atoms with Crippen molar-refractivity contribution in [1.82, 2.24) is 9.97 Å². The minimum Gasteiger partial charge on any atom is -0.377 e. The Morgan fingerprint density at radius 1 is 0.568 bits per heavy atom. The maximum absolute atomic E-state index is 5.77. The van der Waals surface area contributed by atoms with Gasteiger partial charge in [0, 0.05) is 78.1 Å². The first-order valence-corrected chi connectivity index (χ1v) is 26.7. The third kappa shape index (κ3) is 10.0. The molecule has 44 heavy (non-hydrogen) atoms. The van der Waals surface area contributed by atoms with E-state index in [1.165, 1.54) is 9.40 Å². The van der Waals surface area contributed by atoms with Crippen LogP contribution in [0, 0.1) is 0 Å². The van der Waals surface area contributed by atoms with Crippen LogP contribution in [0.5, 0.6) is 0 Å². The molecule has 2 unspecified atom stereocenters. The number of benzene rings is 2. The van der Waals surface area contributed by atoms with Crippen LogP contribution in [0.2, 0.25) is 12.1 Å². The number of hydrogen-bond acceptors (Lipinski definition) is 16. The van der Waals surface area contributed by atoms with Crippen molar-refractivity contribution in [2.24, 2.45) is 0 Å². The number of fused-ring (bicyclic) bond motifs is 2. The number of hydrogen-bond donors (Lipinski definition) is 0. The molecule has 0 aliphatic heterocycles. The quantitative estimate of drug-likeness (QED) is 0.0457. The third-order valence-corrected chi connectivity index (χ3v) is 26.1. The first kappa shape index (κ1) is 37.3. The lowest BCUT2D eigenvalue weighted by atomic mass is 10.2. The lowest BCUT2D eigenvalue weighted by Crippen LogP contribution is -2.44. The van der Waals surface area contributed by atoms with E-state index in [0.29, 0.717) is 12.1 Å². The van der Waals surface area contributed by atoms with Gasteiger partial charge >= 0.3 is 17.6 Å². The number of thiazole rings is 2. The molecule has 4 rings (SSSR count). The topological polar surface area (TPSA) is 81.2 Å². The SMILES string of the molecule is CO[Si](CC(CSSSSSSCC(C[Si](OC)(OC)OC)c1nc2ccccc2s1)c1nc2ccccc2s1)(OC)OC. The molecular formula is C26H36N2O6S8Si2. The fourth-order valence-corrected chi connectivity index (χ4v) is 23.3. The van der Waals surface area contributed by atoms with Gasteiger partial charge in [-0.1, -0.05) is 45.9 Å². The molecule has 2 aromatic carbocycles. The summed E-state index contributed by atoms with van der Waals surface area (Å²) in [6, 6.07) is 17.9. The molecule has 0 saturated heterocycles. The van der Waals surface area contributed by atoms with Crippen molar-refractivity contribution in [3.8, 4) is 0 Å². The molecule has 0 aliphatic carbocycles. The lowest BCUT2D eigenvalue weighted by molar-refractivity contribution is 0.121. The molecule has 0 bridgehead atoms. The summed E-state index contributed by atoms with van der Waals surface area (Å²) < 4.78 is 37.0. The molecule has 0 spiro atoms. The standard InChI is InChI=1S/C26H36N2O6S8Si2/c1-29-43(30-2,31-3)17-19(25-27-21-11-7-9-13-23(21)37-25)15-35-39-41-42-40-36-16-20(18-44(32-4,33-5)34-6)26-28-22-12-8-10-14-24(22)38-26/h7-14,19-20H,15-18H2,1-6H3. The summed E-state index contributed by atoms with van der Waals surface area (Å²) in [6.07, 6.45) is 0. The van der Waals surface area contributed by atoms with E-state index in [0.717, 1.165) is 32.6 Å². The van der Waals surface area contributed by atoms with Gasteiger partial charge in [0.05, 0.1) is 30.4 Å². The predicted octanol–water partition coefficient (Wildman–Crippen LogP) is 9.50. The van der Waals surface area contributed by atoms with Crippen molar-refractivity contribution in [2.75, 3.05) is 54.2 Å².